The van der Waals surface area contributed by atoms with Crippen molar-refractivity contribution in [2.24, 2.45) is 5.92 Å². The summed E-state index contributed by atoms with van der Waals surface area (Å²) in [6.45, 7) is 0. The van der Waals surface area contributed by atoms with Gasteiger partial charge in [-0.15, -0.1) is 0 Å². The molecule has 0 aromatic heterocycles. The fraction of sp³-hybridized carbons (Fsp3) is 0.727. The maximum Gasteiger partial charge on any atom is 0.305 e. The van der Waals surface area contributed by atoms with Gasteiger partial charge in [-0.3, -0.25) is 14.4 Å². The van der Waals surface area contributed by atoms with E-state index in [-0.39, 0.29) is 31.1 Å². The first kappa shape index (κ1) is 15.4. The fourth-order valence-corrected chi connectivity index (χ4v) is 1.34. The zero-order chi connectivity index (χ0) is 13.3. The van der Waals surface area contributed by atoms with Gasteiger partial charge in [0.1, 0.15) is 0 Å². The molecule has 0 N–H and O–H groups in total. The summed E-state index contributed by atoms with van der Waals surface area (Å²) in [6, 6.07) is 0. The average Bonchev–Trinajstić information content (AvgIpc) is 2.34. The highest BCUT2D eigenvalue weighted by Crippen LogP contribution is 2.17. The second-order valence-corrected chi connectivity index (χ2v) is 3.54. The van der Waals surface area contributed by atoms with Crippen LogP contribution in [-0.4, -0.2) is 39.2 Å². The van der Waals surface area contributed by atoms with Gasteiger partial charge in [0.25, 0.3) is 0 Å². The number of carbonyl (C=O) groups is 3. The third-order valence-corrected chi connectivity index (χ3v) is 2.35. The molecule has 6 heteroatoms. The van der Waals surface area contributed by atoms with E-state index in [1.807, 2.05) is 0 Å². The Morgan fingerprint density at radius 1 is 0.824 bits per heavy atom. The molecule has 0 spiro atoms. The van der Waals surface area contributed by atoms with Gasteiger partial charge >= 0.3 is 17.9 Å². The first-order valence-corrected chi connectivity index (χ1v) is 5.23. The highest BCUT2D eigenvalue weighted by Gasteiger charge is 2.19. The van der Waals surface area contributed by atoms with Gasteiger partial charge in [-0.1, -0.05) is 0 Å². The van der Waals surface area contributed by atoms with Crippen molar-refractivity contribution >= 4 is 17.9 Å². The molecule has 0 heterocycles. The van der Waals surface area contributed by atoms with Crippen molar-refractivity contribution < 1.29 is 28.6 Å². The molecule has 0 aliphatic heterocycles. The molecular formula is C11H18O6. The number of rotatable bonds is 7. The molecule has 0 aliphatic rings. The van der Waals surface area contributed by atoms with Crippen molar-refractivity contribution in [3.8, 4) is 0 Å². The Labute approximate surface area is 100 Å². The van der Waals surface area contributed by atoms with E-state index in [0.29, 0.717) is 6.42 Å². The van der Waals surface area contributed by atoms with Gasteiger partial charge in [-0.25, -0.2) is 0 Å². The van der Waals surface area contributed by atoms with Gasteiger partial charge in [-0.05, 0) is 12.3 Å². The van der Waals surface area contributed by atoms with Crippen LogP contribution in [0.1, 0.15) is 25.7 Å². The van der Waals surface area contributed by atoms with Crippen LogP contribution in [0.4, 0.5) is 0 Å². The van der Waals surface area contributed by atoms with E-state index < -0.39 is 11.9 Å². The Hall–Kier alpha value is -1.59. The first-order valence-electron chi connectivity index (χ1n) is 5.23. The molecule has 0 unspecified atom stereocenters. The largest absolute Gasteiger partial charge is 0.469 e. The second-order valence-electron chi connectivity index (χ2n) is 3.54. The highest BCUT2D eigenvalue weighted by molar-refractivity contribution is 5.73. The van der Waals surface area contributed by atoms with Crippen LogP contribution in [0.25, 0.3) is 0 Å². The Balaban J connectivity index is 4.24. The summed E-state index contributed by atoms with van der Waals surface area (Å²) in [5.74, 6) is -1.47. The monoisotopic (exact) mass is 246 g/mol. The summed E-state index contributed by atoms with van der Waals surface area (Å²) in [7, 11) is 3.84. The number of methoxy groups -OCH3 is 3. The minimum absolute atomic E-state index is 0.0859. The Kier molecular flexibility index (Phi) is 7.75. The summed E-state index contributed by atoms with van der Waals surface area (Å²) < 4.78 is 13.5. The topological polar surface area (TPSA) is 78.9 Å². The molecule has 0 rings (SSSR count). The molecule has 0 fully saturated rings. The van der Waals surface area contributed by atoms with Crippen LogP contribution in [0.3, 0.4) is 0 Å². The molecule has 0 aromatic carbocycles. The van der Waals surface area contributed by atoms with Gasteiger partial charge in [0.2, 0.25) is 0 Å². The van der Waals surface area contributed by atoms with Crippen molar-refractivity contribution in [1.29, 1.82) is 0 Å². The highest BCUT2D eigenvalue weighted by atomic mass is 16.5. The smallest absolute Gasteiger partial charge is 0.305 e. The van der Waals surface area contributed by atoms with Crippen molar-refractivity contribution in [1.82, 2.24) is 0 Å². The third-order valence-electron chi connectivity index (χ3n) is 2.35. The average molecular weight is 246 g/mol. The Morgan fingerprint density at radius 3 is 1.59 bits per heavy atom. The van der Waals surface area contributed by atoms with Crippen LogP contribution in [0.2, 0.25) is 0 Å². The molecule has 0 bridgehead atoms. The minimum atomic E-state index is -0.413. The van der Waals surface area contributed by atoms with E-state index >= 15 is 0 Å². The standard InChI is InChI=1S/C11H18O6/c1-15-9(12)5-4-8(6-10(13)16-2)7-11(14)17-3/h8H,4-7H2,1-3H3. The number of ether oxygens (including phenoxy) is 3. The molecule has 0 saturated carbocycles. The van der Waals surface area contributed by atoms with E-state index in [1.54, 1.807) is 0 Å². The molecule has 6 nitrogen and oxygen atoms in total. The van der Waals surface area contributed by atoms with E-state index in [2.05, 4.69) is 14.2 Å². The van der Waals surface area contributed by atoms with Crippen molar-refractivity contribution in [3.63, 3.8) is 0 Å². The normalized spacial score (nSPS) is 9.88. The van der Waals surface area contributed by atoms with Gasteiger partial charge in [0, 0.05) is 19.3 Å². The molecule has 0 atom stereocenters. The van der Waals surface area contributed by atoms with Crippen LogP contribution in [0.15, 0.2) is 0 Å². The number of esters is 3. The lowest BCUT2D eigenvalue weighted by Crippen LogP contribution is -2.16. The van der Waals surface area contributed by atoms with Crippen molar-refractivity contribution in [2.45, 2.75) is 25.7 Å². The summed E-state index contributed by atoms with van der Waals surface area (Å²) >= 11 is 0. The van der Waals surface area contributed by atoms with Gasteiger partial charge in [0.15, 0.2) is 0 Å². The van der Waals surface area contributed by atoms with Crippen molar-refractivity contribution in [2.75, 3.05) is 21.3 Å². The summed E-state index contributed by atoms with van der Waals surface area (Å²) in [6.07, 6.45) is 0.719. The van der Waals surface area contributed by atoms with E-state index in [9.17, 15) is 14.4 Å². The van der Waals surface area contributed by atoms with E-state index in [0.717, 1.165) is 0 Å². The quantitative estimate of drug-likeness (QED) is 0.485. The SMILES string of the molecule is COC(=O)CCC(CC(=O)OC)CC(=O)OC. The summed E-state index contributed by atoms with van der Waals surface area (Å²) in [5.41, 5.74) is 0. The number of hydrogen-bond acceptors (Lipinski definition) is 6. The molecule has 17 heavy (non-hydrogen) atoms. The molecular weight excluding hydrogens is 228 g/mol. The maximum absolute atomic E-state index is 11.1. The zero-order valence-corrected chi connectivity index (χ0v) is 10.4. The van der Waals surface area contributed by atoms with E-state index in [1.165, 1.54) is 21.3 Å². The fourth-order valence-electron chi connectivity index (χ4n) is 1.34. The summed E-state index contributed by atoms with van der Waals surface area (Å²) in [4.78, 5) is 33.2. The minimum Gasteiger partial charge on any atom is -0.469 e. The lowest BCUT2D eigenvalue weighted by molar-refractivity contribution is -0.146. The third kappa shape index (κ3) is 7.32. The number of hydrogen-bond donors (Lipinski definition) is 0. The van der Waals surface area contributed by atoms with Gasteiger partial charge in [0.05, 0.1) is 21.3 Å². The van der Waals surface area contributed by atoms with Gasteiger partial charge in [-0.2, -0.15) is 0 Å². The molecule has 0 aliphatic carbocycles. The van der Waals surface area contributed by atoms with Crippen LogP contribution in [-0.2, 0) is 28.6 Å². The zero-order valence-electron chi connectivity index (χ0n) is 10.4. The molecule has 0 aromatic rings. The predicted octanol–water partition coefficient (Wildman–Crippen LogP) is 0.682. The van der Waals surface area contributed by atoms with E-state index in [4.69, 9.17) is 0 Å². The Morgan fingerprint density at radius 2 is 1.24 bits per heavy atom. The van der Waals surface area contributed by atoms with Crippen LogP contribution < -0.4 is 0 Å². The second kappa shape index (κ2) is 8.55. The van der Waals surface area contributed by atoms with Crippen LogP contribution in [0, 0.1) is 5.92 Å². The molecule has 0 radical (unpaired) electrons. The molecule has 0 amide bonds. The van der Waals surface area contributed by atoms with Crippen LogP contribution in [0.5, 0.6) is 0 Å². The lowest BCUT2D eigenvalue weighted by Gasteiger charge is -2.13. The molecule has 98 valence electrons. The van der Waals surface area contributed by atoms with Gasteiger partial charge < -0.3 is 14.2 Å². The van der Waals surface area contributed by atoms with Crippen molar-refractivity contribution in [3.05, 3.63) is 0 Å². The first-order chi connectivity index (χ1) is 8.03. The lowest BCUT2D eigenvalue weighted by atomic mass is 9.96. The predicted molar refractivity (Wildman–Crippen MR) is 58.0 cm³/mol. The summed E-state index contributed by atoms with van der Waals surface area (Å²) in [5, 5.41) is 0. The molecule has 0 saturated heterocycles. The maximum atomic E-state index is 11.1. The Bertz CT molecular complexity index is 255. The number of carbonyl (C=O) groups excluding carboxylic acids is 3. The van der Waals surface area contributed by atoms with Crippen LogP contribution >= 0.6 is 0 Å².